The van der Waals surface area contributed by atoms with Crippen LogP contribution >= 0.6 is 11.5 Å². The van der Waals surface area contributed by atoms with Gasteiger partial charge in [0.15, 0.2) is 5.82 Å². The van der Waals surface area contributed by atoms with E-state index in [2.05, 4.69) is 14.8 Å². The zero-order valence-corrected chi connectivity index (χ0v) is 14.8. The second-order valence-electron chi connectivity index (χ2n) is 5.27. The van der Waals surface area contributed by atoms with Gasteiger partial charge in [0.05, 0.1) is 6.61 Å². The molecule has 0 radical (unpaired) electrons. The van der Waals surface area contributed by atoms with Gasteiger partial charge in [0.1, 0.15) is 11.6 Å². The molecule has 0 spiro atoms. The molecule has 0 aliphatic heterocycles. The number of rotatable bonds is 7. The van der Waals surface area contributed by atoms with Crippen LogP contribution in [-0.2, 0) is 11.3 Å². The fourth-order valence-electron chi connectivity index (χ4n) is 2.13. The Labute approximate surface area is 153 Å². The number of ether oxygens (including phenoxy) is 1. The van der Waals surface area contributed by atoms with Crippen LogP contribution in [0.1, 0.15) is 28.7 Å². The Hall–Kier alpha value is -2.84. The molecule has 1 aromatic heterocycles. The topological polar surface area (TPSA) is 73.3 Å². The van der Waals surface area contributed by atoms with Gasteiger partial charge in [-0.2, -0.15) is 9.36 Å². The maximum absolute atomic E-state index is 12.9. The number of benzene rings is 2. The molecule has 0 aliphatic carbocycles. The summed E-state index contributed by atoms with van der Waals surface area (Å²) in [6.07, 6.45) is 0.483. The molecular weight excluding hydrogens is 357 g/mol. The van der Waals surface area contributed by atoms with Crippen molar-refractivity contribution in [3.8, 4) is 10.9 Å². The monoisotopic (exact) mass is 373 g/mol. The molecule has 0 bridgehead atoms. The largest absolute Gasteiger partial charge is 0.430 e. The van der Waals surface area contributed by atoms with Crippen molar-refractivity contribution in [1.82, 2.24) is 14.8 Å². The van der Waals surface area contributed by atoms with Crippen molar-refractivity contribution in [2.24, 2.45) is 0 Å². The molecule has 134 valence electrons. The molecule has 26 heavy (non-hydrogen) atoms. The van der Waals surface area contributed by atoms with E-state index < -0.39 is 0 Å². The van der Waals surface area contributed by atoms with Gasteiger partial charge in [-0.25, -0.2) is 9.87 Å². The normalized spacial score (nSPS) is 10.5. The first-order valence-electron chi connectivity index (χ1n) is 7.91. The van der Waals surface area contributed by atoms with Crippen molar-refractivity contribution >= 4 is 17.4 Å². The molecule has 0 fully saturated rings. The van der Waals surface area contributed by atoms with E-state index in [-0.39, 0.29) is 11.7 Å². The Kier molecular flexibility index (Phi) is 5.88. The van der Waals surface area contributed by atoms with Crippen molar-refractivity contribution in [2.75, 3.05) is 6.61 Å². The summed E-state index contributed by atoms with van der Waals surface area (Å²) in [6, 6.07) is 12.9. The van der Waals surface area contributed by atoms with E-state index in [9.17, 15) is 9.18 Å². The zero-order chi connectivity index (χ0) is 18.4. The molecule has 8 heteroatoms. The van der Waals surface area contributed by atoms with E-state index in [0.29, 0.717) is 35.4 Å². The third kappa shape index (κ3) is 4.84. The average Bonchev–Trinajstić information content (AvgIpc) is 3.08. The third-order valence-electron chi connectivity index (χ3n) is 3.34. The van der Waals surface area contributed by atoms with Crippen LogP contribution in [-0.4, -0.2) is 21.9 Å². The lowest BCUT2D eigenvalue weighted by atomic mass is 10.1. The van der Waals surface area contributed by atoms with Crippen molar-refractivity contribution in [1.29, 1.82) is 0 Å². The lowest BCUT2D eigenvalue weighted by Crippen LogP contribution is -2.23. The zero-order valence-electron chi connectivity index (χ0n) is 13.9. The van der Waals surface area contributed by atoms with Crippen molar-refractivity contribution in [2.45, 2.75) is 13.3 Å². The number of carbonyl (C=O) groups excluding carboxylic acids is 1. The summed E-state index contributed by atoms with van der Waals surface area (Å²) in [6.45, 7) is 2.16. The van der Waals surface area contributed by atoms with Crippen LogP contribution in [0.5, 0.6) is 10.9 Å². The Balaban J connectivity index is 1.65. The summed E-state index contributed by atoms with van der Waals surface area (Å²) in [4.78, 5) is 21.1. The van der Waals surface area contributed by atoms with Gasteiger partial charge in [-0.1, -0.05) is 18.2 Å². The standard InChI is InChI=1S/C18H16FN3O3S/c1-2-24-21-17(23)13-4-3-5-15(11-13)25-18-20-16(22-26-18)10-12-6-8-14(19)9-7-12/h3-9,11H,2,10H2,1H3,(H,21,23). The molecule has 2 aromatic carbocycles. The van der Waals surface area contributed by atoms with E-state index >= 15 is 0 Å². The van der Waals surface area contributed by atoms with Crippen LogP contribution in [0.4, 0.5) is 4.39 Å². The highest BCUT2D eigenvalue weighted by atomic mass is 32.1. The summed E-state index contributed by atoms with van der Waals surface area (Å²) < 4.78 is 22.9. The van der Waals surface area contributed by atoms with Gasteiger partial charge in [0.25, 0.3) is 11.1 Å². The number of aromatic nitrogens is 2. The van der Waals surface area contributed by atoms with E-state index in [1.54, 1.807) is 43.3 Å². The van der Waals surface area contributed by atoms with Crippen molar-refractivity contribution in [3.05, 3.63) is 71.3 Å². The molecule has 1 amide bonds. The first-order valence-corrected chi connectivity index (χ1v) is 8.68. The Morgan fingerprint density at radius 2 is 2.04 bits per heavy atom. The van der Waals surface area contributed by atoms with E-state index in [1.807, 2.05) is 0 Å². The number of amides is 1. The molecule has 3 aromatic rings. The number of hydrogen-bond acceptors (Lipinski definition) is 6. The predicted octanol–water partition coefficient (Wildman–Crippen LogP) is 3.74. The number of nitrogens with one attached hydrogen (secondary N) is 1. The summed E-state index contributed by atoms with van der Waals surface area (Å²) in [7, 11) is 0. The van der Waals surface area contributed by atoms with Gasteiger partial charge in [0.2, 0.25) is 0 Å². The van der Waals surface area contributed by atoms with Crippen LogP contribution in [0.3, 0.4) is 0 Å². The fraction of sp³-hybridized carbons (Fsp3) is 0.167. The fourth-order valence-corrected chi connectivity index (χ4v) is 2.70. The molecule has 0 saturated carbocycles. The van der Waals surface area contributed by atoms with Gasteiger partial charge >= 0.3 is 0 Å². The lowest BCUT2D eigenvalue weighted by molar-refractivity contribution is 0.0364. The maximum Gasteiger partial charge on any atom is 0.298 e. The van der Waals surface area contributed by atoms with Crippen LogP contribution < -0.4 is 10.2 Å². The van der Waals surface area contributed by atoms with E-state index in [0.717, 1.165) is 17.1 Å². The smallest absolute Gasteiger partial charge is 0.298 e. The second kappa shape index (κ2) is 8.50. The minimum absolute atomic E-state index is 0.280. The van der Waals surface area contributed by atoms with Crippen LogP contribution in [0.15, 0.2) is 48.5 Å². The molecular formula is C18H16FN3O3S. The summed E-state index contributed by atoms with van der Waals surface area (Å²) in [5.74, 6) is 0.421. The molecule has 3 rings (SSSR count). The van der Waals surface area contributed by atoms with Gasteiger partial charge in [-0.15, -0.1) is 0 Å². The Morgan fingerprint density at radius 3 is 2.81 bits per heavy atom. The van der Waals surface area contributed by atoms with Crippen molar-refractivity contribution < 1.29 is 18.8 Å². The van der Waals surface area contributed by atoms with E-state index in [4.69, 9.17) is 9.57 Å². The molecule has 0 atom stereocenters. The number of carbonyl (C=O) groups is 1. The van der Waals surface area contributed by atoms with Crippen LogP contribution in [0.25, 0.3) is 0 Å². The average molecular weight is 373 g/mol. The first-order chi connectivity index (χ1) is 12.6. The lowest BCUT2D eigenvalue weighted by Gasteiger charge is -2.05. The van der Waals surface area contributed by atoms with Gasteiger partial charge < -0.3 is 4.74 Å². The quantitative estimate of drug-likeness (QED) is 0.639. The van der Waals surface area contributed by atoms with Crippen LogP contribution in [0.2, 0.25) is 0 Å². The minimum atomic E-state index is -0.355. The molecule has 1 heterocycles. The highest BCUT2D eigenvalue weighted by molar-refractivity contribution is 7.07. The maximum atomic E-state index is 12.9. The summed E-state index contributed by atoms with van der Waals surface area (Å²) in [5.41, 5.74) is 3.65. The molecule has 0 aliphatic rings. The van der Waals surface area contributed by atoms with Gasteiger partial charge in [-0.05, 0) is 42.8 Å². The summed E-state index contributed by atoms with van der Waals surface area (Å²) in [5, 5.41) is 0.365. The highest BCUT2D eigenvalue weighted by Crippen LogP contribution is 2.24. The Morgan fingerprint density at radius 1 is 1.23 bits per heavy atom. The number of halogens is 1. The number of nitrogens with zero attached hydrogens (tertiary/aromatic N) is 2. The predicted molar refractivity (Wildman–Crippen MR) is 94.7 cm³/mol. The van der Waals surface area contributed by atoms with Crippen LogP contribution in [0, 0.1) is 5.82 Å². The SMILES string of the molecule is CCONC(=O)c1cccc(Oc2nc(Cc3ccc(F)cc3)ns2)c1. The summed E-state index contributed by atoms with van der Waals surface area (Å²) >= 11 is 1.11. The second-order valence-corrected chi connectivity index (χ2v) is 5.99. The third-order valence-corrected chi connectivity index (χ3v) is 3.97. The Bertz CT molecular complexity index is 883. The molecule has 0 unspecified atom stereocenters. The number of hydrogen-bond donors (Lipinski definition) is 1. The highest BCUT2D eigenvalue weighted by Gasteiger charge is 2.10. The molecule has 6 nitrogen and oxygen atoms in total. The van der Waals surface area contributed by atoms with Crippen molar-refractivity contribution in [3.63, 3.8) is 0 Å². The van der Waals surface area contributed by atoms with Gasteiger partial charge in [-0.3, -0.25) is 9.63 Å². The minimum Gasteiger partial charge on any atom is -0.430 e. The number of hydroxylamine groups is 1. The van der Waals surface area contributed by atoms with Gasteiger partial charge in [0, 0.05) is 23.5 Å². The molecule has 0 saturated heterocycles. The molecule has 1 N–H and O–H groups in total. The van der Waals surface area contributed by atoms with E-state index in [1.165, 1.54) is 12.1 Å². The first kappa shape index (κ1) is 18.0.